The lowest BCUT2D eigenvalue weighted by atomic mass is 9.61. The predicted molar refractivity (Wildman–Crippen MR) is 109 cm³/mol. The molecule has 2 unspecified atom stereocenters. The smallest absolute Gasteiger partial charge is 0.0594 e. The normalized spacial score (nSPS) is 34.3. The Balaban J connectivity index is 1.57. The van der Waals surface area contributed by atoms with Crippen LogP contribution in [-0.4, -0.2) is 49.8 Å². The molecule has 0 spiro atoms. The van der Waals surface area contributed by atoms with Gasteiger partial charge in [0.25, 0.3) is 0 Å². The summed E-state index contributed by atoms with van der Waals surface area (Å²) in [7, 11) is 0. The third kappa shape index (κ3) is 3.22. The molecule has 6 rings (SSSR count). The van der Waals surface area contributed by atoms with Gasteiger partial charge in [0.2, 0.25) is 0 Å². The van der Waals surface area contributed by atoms with E-state index in [9.17, 15) is 0 Å². The van der Waals surface area contributed by atoms with Gasteiger partial charge < -0.3 is 10.1 Å². The average molecular weight is 363 g/mol. The minimum absolute atomic E-state index is 0.234. The lowest BCUT2D eigenvalue weighted by molar-refractivity contribution is -0.0420. The highest BCUT2D eigenvalue weighted by Gasteiger charge is 2.51. The molecule has 2 atom stereocenters. The molecule has 1 saturated carbocycles. The first-order valence-electron chi connectivity index (χ1n) is 10.5. The van der Waals surface area contributed by atoms with Crippen molar-refractivity contribution in [3.8, 4) is 0 Å². The summed E-state index contributed by atoms with van der Waals surface area (Å²) < 4.78 is 5.68. The van der Waals surface area contributed by atoms with E-state index in [4.69, 9.17) is 4.74 Å². The van der Waals surface area contributed by atoms with Crippen molar-refractivity contribution in [3.05, 3.63) is 71.8 Å². The second kappa shape index (κ2) is 7.38. The van der Waals surface area contributed by atoms with Crippen LogP contribution in [0.5, 0.6) is 0 Å². The highest BCUT2D eigenvalue weighted by molar-refractivity contribution is 5.31. The standard InChI is InChI=1S/C24H30N2O/c1-3-7-19(8-4-1)21-15-24(26-11-13-27-14-12-26)16-22(23(21)17-25-18-24)20-9-5-2-6-10-20/h1-10,21-23,25H,11-18H2. The summed E-state index contributed by atoms with van der Waals surface area (Å²) in [4.78, 5) is 2.75. The number of hydrogen-bond acceptors (Lipinski definition) is 3. The van der Waals surface area contributed by atoms with Gasteiger partial charge in [-0.2, -0.15) is 0 Å². The summed E-state index contributed by atoms with van der Waals surface area (Å²) in [6, 6.07) is 22.5. The molecule has 3 saturated heterocycles. The van der Waals surface area contributed by atoms with Gasteiger partial charge in [0.05, 0.1) is 13.2 Å². The fourth-order valence-electron chi connectivity index (χ4n) is 5.92. The molecule has 1 aliphatic carbocycles. The van der Waals surface area contributed by atoms with E-state index in [1.54, 1.807) is 0 Å². The predicted octanol–water partition coefficient (Wildman–Crippen LogP) is 3.64. The largest absolute Gasteiger partial charge is 0.379 e. The molecule has 2 aromatic rings. The van der Waals surface area contributed by atoms with Crippen LogP contribution in [0.15, 0.2) is 60.7 Å². The SMILES string of the molecule is c1ccc(C2CC3(N4CCOCC4)CNCC2C(c2ccccc2)C3)cc1. The summed E-state index contributed by atoms with van der Waals surface area (Å²) in [5.74, 6) is 1.89. The Bertz CT molecular complexity index is 692. The minimum Gasteiger partial charge on any atom is -0.379 e. The number of morpholine rings is 1. The van der Waals surface area contributed by atoms with E-state index in [1.165, 1.54) is 24.0 Å². The van der Waals surface area contributed by atoms with Crippen LogP contribution in [0.4, 0.5) is 0 Å². The van der Waals surface area contributed by atoms with Crippen LogP contribution < -0.4 is 5.32 Å². The highest BCUT2D eigenvalue weighted by atomic mass is 16.5. The van der Waals surface area contributed by atoms with Gasteiger partial charge in [0.1, 0.15) is 0 Å². The van der Waals surface area contributed by atoms with Gasteiger partial charge in [-0.3, -0.25) is 4.90 Å². The van der Waals surface area contributed by atoms with Crippen LogP contribution >= 0.6 is 0 Å². The third-order valence-electron chi connectivity index (χ3n) is 7.20. The van der Waals surface area contributed by atoms with Gasteiger partial charge in [-0.05, 0) is 48.3 Å². The summed E-state index contributed by atoms with van der Waals surface area (Å²) in [6.45, 7) is 6.10. The summed E-state index contributed by atoms with van der Waals surface area (Å²) in [5.41, 5.74) is 3.27. The fraction of sp³-hybridized carbons (Fsp3) is 0.500. The third-order valence-corrected chi connectivity index (χ3v) is 7.20. The van der Waals surface area contributed by atoms with E-state index in [0.29, 0.717) is 17.8 Å². The summed E-state index contributed by atoms with van der Waals surface area (Å²) in [6.07, 6.45) is 2.52. The zero-order valence-electron chi connectivity index (χ0n) is 16.0. The van der Waals surface area contributed by atoms with E-state index in [1.807, 2.05) is 0 Å². The molecule has 142 valence electrons. The molecular weight excluding hydrogens is 332 g/mol. The second-order valence-corrected chi connectivity index (χ2v) is 8.56. The highest BCUT2D eigenvalue weighted by Crippen LogP contribution is 2.53. The van der Waals surface area contributed by atoms with Crippen LogP contribution in [0.3, 0.4) is 0 Å². The maximum Gasteiger partial charge on any atom is 0.0594 e. The Labute approximate surface area is 162 Å². The van der Waals surface area contributed by atoms with E-state index in [2.05, 4.69) is 70.9 Å². The monoisotopic (exact) mass is 362 g/mol. The van der Waals surface area contributed by atoms with Crippen molar-refractivity contribution in [3.63, 3.8) is 0 Å². The number of nitrogens with zero attached hydrogens (tertiary/aromatic N) is 1. The van der Waals surface area contributed by atoms with E-state index in [-0.39, 0.29) is 5.54 Å². The first-order valence-corrected chi connectivity index (χ1v) is 10.5. The molecule has 2 bridgehead atoms. The molecule has 3 aliphatic heterocycles. The van der Waals surface area contributed by atoms with Crippen LogP contribution in [0, 0.1) is 5.92 Å². The maximum absolute atomic E-state index is 5.68. The van der Waals surface area contributed by atoms with Crippen molar-refractivity contribution >= 4 is 0 Å². The first kappa shape index (κ1) is 17.4. The molecule has 4 aliphatic rings. The Morgan fingerprint density at radius 1 is 0.815 bits per heavy atom. The zero-order valence-corrected chi connectivity index (χ0v) is 16.0. The molecule has 0 aromatic heterocycles. The summed E-state index contributed by atoms with van der Waals surface area (Å²) in [5, 5.41) is 3.86. The lowest BCUT2D eigenvalue weighted by Gasteiger charge is -2.52. The van der Waals surface area contributed by atoms with Crippen molar-refractivity contribution in [2.45, 2.75) is 30.2 Å². The Morgan fingerprint density at radius 3 is 1.93 bits per heavy atom. The van der Waals surface area contributed by atoms with Crippen molar-refractivity contribution in [1.29, 1.82) is 0 Å². The molecule has 3 nitrogen and oxygen atoms in total. The van der Waals surface area contributed by atoms with Crippen LogP contribution in [0.1, 0.15) is 35.8 Å². The van der Waals surface area contributed by atoms with Crippen LogP contribution in [0.2, 0.25) is 0 Å². The second-order valence-electron chi connectivity index (χ2n) is 8.56. The number of hydrogen-bond donors (Lipinski definition) is 1. The number of fused-ring (bicyclic) bond motifs is 4. The van der Waals surface area contributed by atoms with E-state index >= 15 is 0 Å². The molecule has 27 heavy (non-hydrogen) atoms. The zero-order chi connectivity index (χ0) is 18.1. The van der Waals surface area contributed by atoms with Gasteiger partial charge in [-0.15, -0.1) is 0 Å². The minimum atomic E-state index is 0.234. The number of nitrogens with one attached hydrogen (secondary N) is 1. The molecule has 3 heterocycles. The van der Waals surface area contributed by atoms with Crippen molar-refractivity contribution in [1.82, 2.24) is 10.2 Å². The van der Waals surface area contributed by atoms with Gasteiger partial charge in [0, 0.05) is 25.2 Å². The molecule has 4 fully saturated rings. The molecule has 0 amide bonds. The van der Waals surface area contributed by atoms with Crippen molar-refractivity contribution < 1.29 is 4.74 Å². The van der Waals surface area contributed by atoms with Gasteiger partial charge >= 0.3 is 0 Å². The fourth-order valence-corrected chi connectivity index (χ4v) is 5.92. The van der Waals surface area contributed by atoms with E-state index < -0.39 is 0 Å². The van der Waals surface area contributed by atoms with Crippen molar-refractivity contribution in [2.24, 2.45) is 5.92 Å². The molecule has 3 heteroatoms. The maximum atomic E-state index is 5.68. The Morgan fingerprint density at radius 2 is 1.37 bits per heavy atom. The molecule has 1 N–H and O–H groups in total. The molecule has 0 radical (unpaired) electrons. The number of rotatable bonds is 3. The van der Waals surface area contributed by atoms with Gasteiger partial charge in [0.15, 0.2) is 0 Å². The average Bonchev–Trinajstić information content (AvgIpc) is 3.07. The quantitative estimate of drug-likeness (QED) is 0.902. The van der Waals surface area contributed by atoms with E-state index in [0.717, 1.165) is 39.4 Å². The lowest BCUT2D eigenvalue weighted by Crippen LogP contribution is -2.59. The Kier molecular flexibility index (Phi) is 4.76. The van der Waals surface area contributed by atoms with Gasteiger partial charge in [-0.25, -0.2) is 0 Å². The molecule has 2 aromatic carbocycles. The van der Waals surface area contributed by atoms with Crippen LogP contribution in [-0.2, 0) is 4.74 Å². The van der Waals surface area contributed by atoms with Gasteiger partial charge in [-0.1, -0.05) is 60.7 Å². The van der Waals surface area contributed by atoms with Crippen LogP contribution in [0.25, 0.3) is 0 Å². The van der Waals surface area contributed by atoms with Crippen molar-refractivity contribution in [2.75, 3.05) is 39.4 Å². The topological polar surface area (TPSA) is 24.5 Å². The number of benzene rings is 2. The molecular formula is C24H30N2O. The first-order chi connectivity index (χ1) is 13.4. The summed E-state index contributed by atoms with van der Waals surface area (Å²) >= 11 is 0. The number of ether oxygens (including phenoxy) is 1. The Hall–Kier alpha value is -1.68.